The number of anilines is 1. The summed E-state index contributed by atoms with van der Waals surface area (Å²) in [5, 5.41) is 1.14. The summed E-state index contributed by atoms with van der Waals surface area (Å²) in [7, 11) is 0. The standard InChI is InChI=1S/C17H22N4/c1-3-5-10-14-20-15-16(21(14)11-4-2)12-8-6-7-9-13(12)19-17(15)18/h6-9H,3-5,10-11H2,1-2H3,(H2,18,19). The van der Waals surface area contributed by atoms with Gasteiger partial charge in [-0.2, -0.15) is 0 Å². The molecule has 4 nitrogen and oxygen atoms in total. The molecule has 0 saturated heterocycles. The number of hydrogen-bond acceptors (Lipinski definition) is 3. The van der Waals surface area contributed by atoms with Crippen molar-refractivity contribution in [3.05, 3.63) is 30.1 Å². The molecule has 3 rings (SSSR count). The van der Waals surface area contributed by atoms with Crippen LogP contribution in [0.4, 0.5) is 5.82 Å². The minimum absolute atomic E-state index is 0.538. The predicted molar refractivity (Wildman–Crippen MR) is 88.3 cm³/mol. The Morgan fingerprint density at radius 2 is 1.90 bits per heavy atom. The van der Waals surface area contributed by atoms with Crippen LogP contribution in [0, 0.1) is 0 Å². The van der Waals surface area contributed by atoms with E-state index in [1.54, 1.807) is 0 Å². The average Bonchev–Trinajstić information content (AvgIpc) is 2.85. The Kier molecular flexibility index (Phi) is 3.78. The Bertz CT molecular complexity index is 773. The van der Waals surface area contributed by atoms with Gasteiger partial charge in [-0.25, -0.2) is 9.97 Å². The number of rotatable bonds is 5. The van der Waals surface area contributed by atoms with E-state index in [0.717, 1.165) is 53.6 Å². The number of aryl methyl sites for hydroxylation is 2. The molecule has 0 radical (unpaired) electrons. The molecule has 0 fully saturated rings. The number of fused-ring (bicyclic) bond motifs is 3. The molecule has 0 amide bonds. The summed E-state index contributed by atoms with van der Waals surface area (Å²) in [6.45, 7) is 5.38. The first-order valence-electron chi connectivity index (χ1n) is 7.79. The first-order chi connectivity index (χ1) is 10.3. The van der Waals surface area contributed by atoms with Crippen LogP contribution in [0.2, 0.25) is 0 Å². The molecular weight excluding hydrogens is 260 g/mol. The third kappa shape index (κ3) is 2.35. The second-order valence-corrected chi connectivity index (χ2v) is 5.49. The number of para-hydroxylation sites is 1. The molecule has 0 spiro atoms. The lowest BCUT2D eigenvalue weighted by Crippen LogP contribution is -2.04. The molecule has 21 heavy (non-hydrogen) atoms. The van der Waals surface area contributed by atoms with Crippen molar-refractivity contribution in [1.29, 1.82) is 0 Å². The van der Waals surface area contributed by atoms with Crippen molar-refractivity contribution in [3.63, 3.8) is 0 Å². The SMILES string of the molecule is CCCCc1nc2c(N)nc3ccccc3c2n1CCC. The Hall–Kier alpha value is -2.10. The van der Waals surface area contributed by atoms with Crippen LogP contribution in [-0.4, -0.2) is 14.5 Å². The van der Waals surface area contributed by atoms with Gasteiger partial charge in [-0.15, -0.1) is 0 Å². The zero-order valence-corrected chi connectivity index (χ0v) is 12.8. The lowest BCUT2D eigenvalue weighted by atomic mass is 10.2. The van der Waals surface area contributed by atoms with E-state index in [-0.39, 0.29) is 0 Å². The highest BCUT2D eigenvalue weighted by molar-refractivity contribution is 6.06. The number of benzene rings is 1. The molecule has 2 aromatic heterocycles. The number of nitrogens with two attached hydrogens (primary N) is 1. The highest BCUT2D eigenvalue weighted by atomic mass is 15.1. The fourth-order valence-electron chi connectivity index (χ4n) is 2.90. The maximum absolute atomic E-state index is 6.14. The third-order valence-corrected chi connectivity index (χ3v) is 3.89. The van der Waals surface area contributed by atoms with Gasteiger partial charge in [0.15, 0.2) is 5.82 Å². The fourth-order valence-corrected chi connectivity index (χ4v) is 2.90. The molecule has 110 valence electrons. The number of nitrogen functional groups attached to an aromatic ring is 1. The second kappa shape index (κ2) is 5.72. The van der Waals surface area contributed by atoms with Crippen LogP contribution in [-0.2, 0) is 13.0 Å². The molecule has 0 atom stereocenters. The summed E-state index contributed by atoms with van der Waals surface area (Å²) in [5.41, 5.74) is 9.09. The number of imidazole rings is 1. The van der Waals surface area contributed by atoms with Crippen molar-refractivity contribution in [2.45, 2.75) is 46.1 Å². The van der Waals surface area contributed by atoms with Gasteiger partial charge >= 0.3 is 0 Å². The number of hydrogen-bond donors (Lipinski definition) is 1. The van der Waals surface area contributed by atoms with Gasteiger partial charge in [-0.3, -0.25) is 0 Å². The Morgan fingerprint density at radius 3 is 2.67 bits per heavy atom. The van der Waals surface area contributed by atoms with Gasteiger partial charge in [-0.05, 0) is 18.9 Å². The molecule has 0 saturated carbocycles. The Morgan fingerprint density at radius 1 is 1.10 bits per heavy atom. The van der Waals surface area contributed by atoms with Crippen molar-refractivity contribution in [2.75, 3.05) is 5.73 Å². The molecule has 0 aliphatic carbocycles. The van der Waals surface area contributed by atoms with Gasteiger partial charge in [0.2, 0.25) is 0 Å². The maximum atomic E-state index is 6.14. The highest BCUT2D eigenvalue weighted by Crippen LogP contribution is 2.29. The Labute approximate surface area is 125 Å². The van der Waals surface area contributed by atoms with E-state index in [9.17, 15) is 0 Å². The van der Waals surface area contributed by atoms with Crippen LogP contribution in [0.5, 0.6) is 0 Å². The molecule has 2 heterocycles. The fraction of sp³-hybridized carbons (Fsp3) is 0.412. The van der Waals surface area contributed by atoms with Crippen LogP contribution < -0.4 is 5.73 Å². The van der Waals surface area contributed by atoms with E-state index in [0.29, 0.717) is 5.82 Å². The monoisotopic (exact) mass is 282 g/mol. The molecule has 0 aliphatic heterocycles. The van der Waals surface area contributed by atoms with Crippen molar-refractivity contribution in [3.8, 4) is 0 Å². The molecular formula is C17H22N4. The molecule has 2 N–H and O–H groups in total. The summed E-state index contributed by atoms with van der Waals surface area (Å²) in [6.07, 6.45) is 4.40. The summed E-state index contributed by atoms with van der Waals surface area (Å²) in [4.78, 5) is 9.29. The van der Waals surface area contributed by atoms with Gasteiger partial charge in [0, 0.05) is 18.4 Å². The summed E-state index contributed by atoms with van der Waals surface area (Å²) in [5.74, 6) is 1.68. The van der Waals surface area contributed by atoms with Gasteiger partial charge < -0.3 is 10.3 Å². The second-order valence-electron chi connectivity index (χ2n) is 5.49. The topological polar surface area (TPSA) is 56.7 Å². The minimum atomic E-state index is 0.538. The molecule has 0 aliphatic rings. The number of pyridine rings is 1. The largest absolute Gasteiger partial charge is 0.382 e. The van der Waals surface area contributed by atoms with E-state index < -0.39 is 0 Å². The first kappa shape index (κ1) is 13.9. The van der Waals surface area contributed by atoms with Crippen molar-refractivity contribution in [2.24, 2.45) is 0 Å². The van der Waals surface area contributed by atoms with Crippen LogP contribution in [0.1, 0.15) is 38.9 Å². The normalized spacial score (nSPS) is 11.5. The van der Waals surface area contributed by atoms with Crippen LogP contribution >= 0.6 is 0 Å². The number of aromatic nitrogens is 3. The molecule has 3 aromatic rings. The van der Waals surface area contributed by atoms with E-state index in [1.165, 1.54) is 6.42 Å². The molecule has 0 bridgehead atoms. The van der Waals surface area contributed by atoms with E-state index in [4.69, 9.17) is 10.7 Å². The summed E-state index contributed by atoms with van der Waals surface area (Å²) < 4.78 is 2.34. The molecule has 4 heteroatoms. The van der Waals surface area contributed by atoms with Gasteiger partial charge in [-0.1, -0.05) is 38.5 Å². The van der Waals surface area contributed by atoms with Crippen LogP contribution in [0.3, 0.4) is 0 Å². The van der Waals surface area contributed by atoms with Gasteiger partial charge in [0.1, 0.15) is 11.3 Å². The highest BCUT2D eigenvalue weighted by Gasteiger charge is 2.16. The predicted octanol–water partition coefficient (Wildman–Crippen LogP) is 3.92. The lowest BCUT2D eigenvalue weighted by Gasteiger charge is -2.09. The smallest absolute Gasteiger partial charge is 0.152 e. The zero-order chi connectivity index (χ0) is 14.8. The van der Waals surface area contributed by atoms with Crippen molar-refractivity contribution < 1.29 is 0 Å². The average molecular weight is 282 g/mol. The third-order valence-electron chi connectivity index (χ3n) is 3.89. The molecule has 0 unspecified atom stereocenters. The number of unbranched alkanes of at least 4 members (excludes halogenated alkanes) is 1. The van der Waals surface area contributed by atoms with Crippen molar-refractivity contribution in [1.82, 2.24) is 14.5 Å². The lowest BCUT2D eigenvalue weighted by molar-refractivity contribution is 0.634. The van der Waals surface area contributed by atoms with Gasteiger partial charge in [0.25, 0.3) is 0 Å². The first-order valence-corrected chi connectivity index (χ1v) is 7.79. The Balaban J connectivity index is 2.32. The number of nitrogens with zero attached hydrogens (tertiary/aromatic N) is 3. The zero-order valence-electron chi connectivity index (χ0n) is 12.8. The van der Waals surface area contributed by atoms with Crippen LogP contribution in [0.25, 0.3) is 21.9 Å². The van der Waals surface area contributed by atoms with Gasteiger partial charge in [0.05, 0.1) is 11.0 Å². The summed E-state index contributed by atoms with van der Waals surface area (Å²) >= 11 is 0. The van der Waals surface area contributed by atoms with E-state index in [2.05, 4.69) is 35.5 Å². The van der Waals surface area contributed by atoms with Crippen LogP contribution in [0.15, 0.2) is 24.3 Å². The van der Waals surface area contributed by atoms with E-state index >= 15 is 0 Å². The van der Waals surface area contributed by atoms with E-state index in [1.807, 2.05) is 12.1 Å². The maximum Gasteiger partial charge on any atom is 0.152 e. The minimum Gasteiger partial charge on any atom is -0.382 e. The molecule has 1 aromatic carbocycles. The quantitative estimate of drug-likeness (QED) is 0.771. The summed E-state index contributed by atoms with van der Waals surface area (Å²) in [6, 6.07) is 8.18. The van der Waals surface area contributed by atoms with Crippen molar-refractivity contribution >= 4 is 27.8 Å².